The van der Waals surface area contributed by atoms with Crippen molar-refractivity contribution in [2.24, 2.45) is 0 Å². The van der Waals surface area contributed by atoms with E-state index in [1.54, 1.807) is 50.4 Å². The summed E-state index contributed by atoms with van der Waals surface area (Å²) in [6.07, 6.45) is 1.00. The highest BCUT2D eigenvalue weighted by atomic mass is 32.2. The molecule has 3 aromatic carbocycles. The van der Waals surface area contributed by atoms with Crippen LogP contribution in [0.3, 0.4) is 0 Å². The minimum atomic E-state index is -4.45. The van der Waals surface area contributed by atoms with Crippen LogP contribution in [0.15, 0.2) is 65.6 Å². The molecule has 250 valence electrons. The van der Waals surface area contributed by atoms with Crippen LogP contribution in [0.25, 0.3) is 0 Å². The number of anilines is 1. The second-order valence-corrected chi connectivity index (χ2v) is 12.0. The van der Waals surface area contributed by atoms with E-state index in [0.717, 1.165) is 9.87 Å². The first-order valence-corrected chi connectivity index (χ1v) is 16.2. The van der Waals surface area contributed by atoms with Crippen LogP contribution in [0, 0.1) is 0 Å². The van der Waals surface area contributed by atoms with Gasteiger partial charge in [0.15, 0.2) is 11.5 Å². The molecule has 12 nitrogen and oxygen atoms in total. The van der Waals surface area contributed by atoms with E-state index in [1.165, 1.54) is 57.6 Å². The summed E-state index contributed by atoms with van der Waals surface area (Å²) in [7, 11) is 2.78. The van der Waals surface area contributed by atoms with Gasteiger partial charge in [-0.3, -0.25) is 13.9 Å². The Morgan fingerprint density at radius 2 is 1.37 bits per heavy atom. The fourth-order valence-corrected chi connectivity index (χ4v) is 6.25. The topological polar surface area (TPSA) is 133 Å². The van der Waals surface area contributed by atoms with Crippen LogP contribution in [0.2, 0.25) is 0 Å². The Bertz CT molecular complexity index is 1580. The summed E-state index contributed by atoms with van der Waals surface area (Å²) < 4.78 is 56.7. The Balaban J connectivity index is 2.18. The third-order valence-corrected chi connectivity index (χ3v) is 9.08. The molecule has 13 heteroatoms. The van der Waals surface area contributed by atoms with Crippen molar-refractivity contribution in [1.82, 2.24) is 10.2 Å². The van der Waals surface area contributed by atoms with Crippen LogP contribution in [0.1, 0.15) is 32.3 Å². The van der Waals surface area contributed by atoms with Crippen molar-refractivity contribution in [2.75, 3.05) is 52.9 Å². The van der Waals surface area contributed by atoms with Gasteiger partial charge in [-0.2, -0.15) is 0 Å². The van der Waals surface area contributed by atoms with Crippen molar-refractivity contribution in [3.8, 4) is 28.7 Å². The van der Waals surface area contributed by atoms with Gasteiger partial charge >= 0.3 is 0 Å². The largest absolute Gasteiger partial charge is 0.497 e. The second kappa shape index (κ2) is 16.6. The van der Waals surface area contributed by atoms with Crippen LogP contribution in [-0.4, -0.2) is 79.8 Å². The molecule has 0 aliphatic heterocycles. The summed E-state index contributed by atoms with van der Waals surface area (Å²) in [5, 5.41) is 2.87. The molecule has 0 saturated carbocycles. The highest BCUT2D eigenvalue weighted by Gasteiger charge is 2.35. The van der Waals surface area contributed by atoms with Gasteiger partial charge < -0.3 is 33.9 Å². The Morgan fingerprint density at radius 1 is 0.761 bits per heavy atom. The lowest BCUT2D eigenvalue weighted by atomic mass is 10.1. The van der Waals surface area contributed by atoms with Gasteiger partial charge in [0.2, 0.25) is 11.8 Å². The maximum Gasteiger partial charge on any atom is 0.265 e. The predicted molar refractivity (Wildman–Crippen MR) is 175 cm³/mol. The smallest absolute Gasteiger partial charge is 0.265 e. The SMILES string of the molecule is CCCNC(=O)[C@@H](CC)N(Cc1ccc(OC)cc1)C(=O)CN(c1cc(OC)ccc1OC)S(=O)(=O)c1ccc(OC)c(OC)c1. The fraction of sp³-hybridized carbons (Fsp3) is 0.394. The molecule has 0 unspecified atom stereocenters. The van der Waals surface area contributed by atoms with E-state index in [-0.39, 0.29) is 34.5 Å². The summed E-state index contributed by atoms with van der Waals surface area (Å²) in [5.74, 6) is 0.738. The third kappa shape index (κ3) is 8.33. The van der Waals surface area contributed by atoms with Crippen molar-refractivity contribution in [2.45, 2.75) is 44.2 Å². The predicted octanol–water partition coefficient (Wildman–Crippen LogP) is 4.26. The van der Waals surface area contributed by atoms with Gasteiger partial charge in [0.05, 0.1) is 46.1 Å². The monoisotopic (exact) mass is 657 g/mol. The Labute approximate surface area is 271 Å². The highest BCUT2D eigenvalue weighted by Crippen LogP contribution is 2.38. The number of methoxy groups -OCH3 is 5. The first kappa shape index (κ1) is 35.8. The normalized spacial score (nSPS) is 11.6. The zero-order valence-corrected chi connectivity index (χ0v) is 28.2. The summed E-state index contributed by atoms with van der Waals surface area (Å²) in [6, 6.07) is 15.0. The minimum absolute atomic E-state index is 0.0420. The lowest BCUT2D eigenvalue weighted by molar-refractivity contribution is -0.140. The van der Waals surface area contributed by atoms with Gasteiger partial charge in [0.1, 0.15) is 29.8 Å². The molecule has 46 heavy (non-hydrogen) atoms. The molecule has 0 aliphatic rings. The van der Waals surface area contributed by atoms with Gasteiger partial charge in [-0.15, -0.1) is 0 Å². The van der Waals surface area contributed by atoms with Crippen LogP contribution in [0.4, 0.5) is 5.69 Å². The van der Waals surface area contributed by atoms with Crippen LogP contribution >= 0.6 is 0 Å². The van der Waals surface area contributed by atoms with Crippen molar-refractivity contribution < 1.29 is 41.7 Å². The number of ether oxygens (including phenoxy) is 5. The number of benzene rings is 3. The van der Waals surface area contributed by atoms with Crippen molar-refractivity contribution >= 4 is 27.5 Å². The van der Waals surface area contributed by atoms with Gasteiger partial charge in [-0.05, 0) is 54.8 Å². The number of carbonyl (C=O) groups excluding carboxylic acids is 2. The summed E-state index contributed by atoms with van der Waals surface area (Å²) in [4.78, 5) is 29.0. The summed E-state index contributed by atoms with van der Waals surface area (Å²) in [5.41, 5.74) is 0.794. The zero-order chi connectivity index (χ0) is 33.9. The fourth-order valence-electron chi connectivity index (χ4n) is 4.82. The average Bonchev–Trinajstić information content (AvgIpc) is 3.08. The number of sulfonamides is 1. The molecule has 3 aromatic rings. The molecule has 0 spiro atoms. The molecule has 1 atom stereocenters. The molecule has 0 fully saturated rings. The van der Waals surface area contributed by atoms with E-state index in [9.17, 15) is 18.0 Å². The summed E-state index contributed by atoms with van der Waals surface area (Å²) >= 11 is 0. The molecule has 0 aliphatic carbocycles. The van der Waals surface area contributed by atoms with E-state index in [0.29, 0.717) is 36.6 Å². The standard InChI is InChI=1S/C33H43N3O9S/c1-8-18-34-33(38)27(9-2)35(21-23-10-12-24(41-3)13-11-23)32(37)22-36(28-19-25(42-4)14-16-29(28)43-5)46(39,40)26-15-17-30(44-6)31(20-26)45-7/h10-17,19-20,27H,8-9,18,21-22H2,1-7H3,(H,34,38)/t27-/m1/s1. The van der Waals surface area contributed by atoms with Crippen molar-refractivity contribution in [3.63, 3.8) is 0 Å². The van der Waals surface area contributed by atoms with Crippen molar-refractivity contribution in [3.05, 3.63) is 66.2 Å². The van der Waals surface area contributed by atoms with Crippen LogP contribution in [0.5, 0.6) is 28.7 Å². The molecule has 0 radical (unpaired) electrons. The molecule has 0 bridgehead atoms. The average molecular weight is 658 g/mol. The van der Waals surface area contributed by atoms with Gasteiger partial charge in [-0.1, -0.05) is 26.0 Å². The third-order valence-electron chi connectivity index (χ3n) is 7.32. The Kier molecular flexibility index (Phi) is 12.9. The van der Waals surface area contributed by atoms with E-state index in [4.69, 9.17) is 23.7 Å². The number of rotatable bonds is 17. The van der Waals surface area contributed by atoms with Crippen LogP contribution < -0.4 is 33.3 Å². The van der Waals surface area contributed by atoms with Gasteiger partial charge in [0, 0.05) is 25.2 Å². The lowest BCUT2D eigenvalue weighted by Crippen LogP contribution is -2.52. The number of hydrogen-bond acceptors (Lipinski definition) is 9. The molecular weight excluding hydrogens is 614 g/mol. The Hall–Kier alpha value is -4.65. The lowest BCUT2D eigenvalue weighted by Gasteiger charge is -2.33. The second-order valence-electron chi connectivity index (χ2n) is 10.2. The molecule has 2 amide bonds. The number of nitrogens with one attached hydrogen (secondary N) is 1. The quantitative estimate of drug-likeness (QED) is 0.226. The summed E-state index contributed by atoms with van der Waals surface area (Å²) in [6.45, 7) is 3.54. The van der Waals surface area contributed by atoms with E-state index >= 15 is 0 Å². The zero-order valence-electron chi connectivity index (χ0n) is 27.4. The molecule has 1 N–H and O–H groups in total. The molecule has 0 saturated heterocycles. The number of carbonyl (C=O) groups is 2. The van der Waals surface area contributed by atoms with Crippen molar-refractivity contribution in [1.29, 1.82) is 0 Å². The molecule has 0 heterocycles. The maximum atomic E-state index is 14.4. The first-order valence-electron chi connectivity index (χ1n) is 14.7. The van der Waals surface area contributed by atoms with E-state index in [1.807, 2.05) is 6.92 Å². The maximum absolute atomic E-state index is 14.4. The van der Waals surface area contributed by atoms with Gasteiger partial charge in [0.25, 0.3) is 10.0 Å². The van der Waals surface area contributed by atoms with Gasteiger partial charge in [-0.25, -0.2) is 8.42 Å². The molecule has 3 rings (SSSR count). The first-order chi connectivity index (χ1) is 22.1. The number of amides is 2. The highest BCUT2D eigenvalue weighted by molar-refractivity contribution is 7.92. The van der Waals surface area contributed by atoms with Crippen LogP contribution in [-0.2, 0) is 26.2 Å². The Morgan fingerprint density at radius 3 is 1.93 bits per heavy atom. The number of nitrogens with zero attached hydrogens (tertiary/aromatic N) is 2. The molecule has 0 aromatic heterocycles. The van der Waals surface area contributed by atoms with E-state index in [2.05, 4.69) is 5.32 Å². The van der Waals surface area contributed by atoms with E-state index < -0.39 is 28.5 Å². The minimum Gasteiger partial charge on any atom is -0.497 e. The molecular formula is C33H43N3O9S. The number of hydrogen-bond donors (Lipinski definition) is 1.